The fourth-order valence-corrected chi connectivity index (χ4v) is 2.74. The molecule has 1 aliphatic carbocycles. The van der Waals surface area contributed by atoms with E-state index in [2.05, 4.69) is 10.8 Å². The molecule has 0 aromatic heterocycles. The Morgan fingerprint density at radius 2 is 1.92 bits per heavy atom. The van der Waals surface area contributed by atoms with Crippen molar-refractivity contribution in [2.75, 3.05) is 19.6 Å². The van der Waals surface area contributed by atoms with Gasteiger partial charge in [-0.25, -0.2) is 0 Å². The van der Waals surface area contributed by atoms with Crippen LogP contribution in [0.2, 0.25) is 0 Å². The first kappa shape index (κ1) is 8.13. The summed E-state index contributed by atoms with van der Waals surface area (Å²) < 4.78 is 0. The van der Waals surface area contributed by atoms with E-state index in [-0.39, 0.29) is 0 Å². The van der Waals surface area contributed by atoms with Gasteiger partial charge in [0.25, 0.3) is 0 Å². The molecule has 2 fully saturated rings. The maximum atomic E-state index is 5.25. The van der Waals surface area contributed by atoms with Crippen LogP contribution in [-0.4, -0.2) is 24.5 Å². The van der Waals surface area contributed by atoms with Gasteiger partial charge in [0.1, 0.15) is 0 Å². The van der Waals surface area contributed by atoms with Gasteiger partial charge in [0, 0.05) is 26.1 Å². The van der Waals surface area contributed by atoms with Crippen molar-refractivity contribution in [1.29, 1.82) is 0 Å². The highest BCUT2D eigenvalue weighted by Crippen LogP contribution is 2.37. The lowest BCUT2D eigenvalue weighted by molar-refractivity contribution is 0.319. The monoisotopic (exact) mass is 163 g/mol. The molecule has 1 heteroatoms. The second kappa shape index (κ2) is 3.49. The van der Waals surface area contributed by atoms with Crippen molar-refractivity contribution in [2.24, 2.45) is 11.8 Å². The van der Waals surface area contributed by atoms with Gasteiger partial charge in [0.05, 0.1) is 0 Å². The van der Waals surface area contributed by atoms with Crippen molar-refractivity contribution < 1.29 is 0 Å². The molecule has 2 unspecified atom stereocenters. The van der Waals surface area contributed by atoms with E-state index in [1.807, 2.05) is 0 Å². The Hall–Kier alpha value is -0.480. The minimum absolute atomic E-state index is 0.930. The molecule has 1 heterocycles. The fourth-order valence-electron chi connectivity index (χ4n) is 2.74. The van der Waals surface area contributed by atoms with E-state index in [9.17, 15) is 0 Å². The Kier molecular flexibility index (Phi) is 2.37. The number of fused-ring (bicyclic) bond motifs is 1. The van der Waals surface area contributed by atoms with Gasteiger partial charge in [0.2, 0.25) is 0 Å². The molecule has 12 heavy (non-hydrogen) atoms. The van der Waals surface area contributed by atoms with Crippen LogP contribution in [0.4, 0.5) is 0 Å². The van der Waals surface area contributed by atoms with Crippen molar-refractivity contribution in [1.82, 2.24) is 4.90 Å². The third-order valence-corrected chi connectivity index (χ3v) is 3.37. The predicted octanol–water partition coefficient (Wildman–Crippen LogP) is 1.74. The molecule has 0 amide bonds. The van der Waals surface area contributed by atoms with Crippen molar-refractivity contribution in [2.45, 2.75) is 25.7 Å². The van der Waals surface area contributed by atoms with Crippen LogP contribution >= 0.6 is 0 Å². The van der Waals surface area contributed by atoms with Gasteiger partial charge in [0.15, 0.2) is 0 Å². The van der Waals surface area contributed by atoms with E-state index in [1.165, 1.54) is 32.4 Å². The van der Waals surface area contributed by atoms with Crippen molar-refractivity contribution in [3.05, 3.63) is 0 Å². The Morgan fingerprint density at radius 1 is 1.25 bits per heavy atom. The average Bonchev–Trinajstić information content (AvgIpc) is 2.58. The standard InChI is InChI=1S/C11H17N/c1-2-3-7-12-8-10-5-4-6-11(10)9-12/h1,10-11H,3-9H2. The van der Waals surface area contributed by atoms with Crippen LogP contribution in [0.25, 0.3) is 0 Å². The van der Waals surface area contributed by atoms with Gasteiger partial charge in [-0.15, -0.1) is 12.3 Å². The van der Waals surface area contributed by atoms with E-state index in [1.54, 1.807) is 0 Å². The molecule has 1 saturated carbocycles. The van der Waals surface area contributed by atoms with Gasteiger partial charge in [-0.05, 0) is 24.7 Å². The van der Waals surface area contributed by atoms with E-state index in [0.717, 1.165) is 24.8 Å². The van der Waals surface area contributed by atoms with Crippen molar-refractivity contribution in [3.63, 3.8) is 0 Å². The lowest BCUT2D eigenvalue weighted by atomic mass is 10.0. The zero-order valence-corrected chi connectivity index (χ0v) is 7.63. The SMILES string of the molecule is C#CCCN1CC2CCCC2C1. The van der Waals surface area contributed by atoms with Gasteiger partial charge in [-0.1, -0.05) is 6.42 Å². The van der Waals surface area contributed by atoms with E-state index in [0.29, 0.717) is 0 Å². The summed E-state index contributed by atoms with van der Waals surface area (Å²) in [6.07, 6.45) is 10.6. The first-order chi connectivity index (χ1) is 5.90. The number of nitrogens with zero attached hydrogens (tertiary/aromatic N) is 1. The van der Waals surface area contributed by atoms with Gasteiger partial charge in [-0.3, -0.25) is 0 Å². The third kappa shape index (κ3) is 1.49. The summed E-state index contributed by atoms with van der Waals surface area (Å²) in [5.74, 6) is 4.75. The van der Waals surface area contributed by atoms with E-state index in [4.69, 9.17) is 6.42 Å². The Bertz CT molecular complexity index is 180. The summed E-state index contributed by atoms with van der Waals surface area (Å²) in [6, 6.07) is 0. The van der Waals surface area contributed by atoms with Crippen LogP contribution in [0, 0.1) is 24.2 Å². The Morgan fingerprint density at radius 3 is 2.50 bits per heavy atom. The van der Waals surface area contributed by atoms with Gasteiger partial charge < -0.3 is 4.90 Å². The number of hydrogen-bond donors (Lipinski definition) is 0. The van der Waals surface area contributed by atoms with E-state index >= 15 is 0 Å². The lowest BCUT2D eigenvalue weighted by Gasteiger charge is -2.14. The maximum Gasteiger partial charge on any atom is 0.0214 e. The molecule has 0 aromatic rings. The summed E-state index contributed by atoms with van der Waals surface area (Å²) in [7, 11) is 0. The molecule has 1 saturated heterocycles. The molecule has 2 atom stereocenters. The summed E-state index contributed by atoms with van der Waals surface area (Å²) in [5.41, 5.74) is 0. The van der Waals surface area contributed by atoms with Crippen LogP contribution in [0.15, 0.2) is 0 Å². The second-order valence-electron chi connectivity index (χ2n) is 4.16. The number of terminal acetylenes is 1. The third-order valence-electron chi connectivity index (χ3n) is 3.37. The molecule has 0 N–H and O–H groups in total. The zero-order chi connectivity index (χ0) is 8.39. The molecule has 0 aromatic carbocycles. The fraction of sp³-hybridized carbons (Fsp3) is 0.818. The zero-order valence-electron chi connectivity index (χ0n) is 7.63. The quantitative estimate of drug-likeness (QED) is 0.560. The Labute approximate surface area is 75.1 Å². The summed E-state index contributed by atoms with van der Waals surface area (Å²) in [5, 5.41) is 0. The summed E-state index contributed by atoms with van der Waals surface area (Å²) in [4.78, 5) is 2.55. The number of likely N-dealkylation sites (tertiary alicyclic amines) is 1. The molecule has 2 aliphatic rings. The molecular weight excluding hydrogens is 146 g/mol. The number of rotatable bonds is 2. The highest BCUT2D eigenvalue weighted by Gasteiger charge is 2.35. The molecule has 2 rings (SSSR count). The maximum absolute atomic E-state index is 5.25. The van der Waals surface area contributed by atoms with E-state index < -0.39 is 0 Å². The summed E-state index contributed by atoms with van der Waals surface area (Å²) in [6.45, 7) is 3.78. The minimum atomic E-state index is 0.930. The van der Waals surface area contributed by atoms with Crippen molar-refractivity contribution >= 4 is 0 Å². The molecule has 1 nitrogen and oxygen atoms in total. The molecule has 0 radical (unpaired) electrons. The van der Waals surface area contributed by atoms with Crippen LogP contribution in [0.3, 0.4) is 0 Å². The predicted molar refractivity (Wildman–Crippen MR) is 50.7 cm³/mol. The van der Waals surface area contributed by atoms with Crippen LogP contribution in [0.5, 0.6) is 0 Å². The highest BCUT2D eigenvalue weighted by molar-refractivity contribution is 4.91. The smallest absolute Gasteiger partial charge is 0.0214 e. The average molecular weight is 163 g/mol. The topological polar surface area (TPSA) is 3.24 Å². The normalized spacial score (nSPS) is 34.9. The second-order valence-corrected chi connectivity index (χ2v) is 4.16. The minimum Gasteiger partial charge on any atom is -0.302 e. The highest BCUT2D eigenvalue weighted by atomic mass is 15.2. The van der Waals surface area contributed by atoms with Crippen LogP contribution in [0.1, 0.15) is 25.7 Å². The molecule has 66 valence electrons. The van der Waals surface area contributed by atoms with Gasteiger partial charge >= 0.3 is 0 Å². The first-order valence-electron chi connectivity index (χ1n) is 5.06. The van der Waals surface area contributed by atoms with Crippen molar-refractivity contribution in [3.8, 4) is 12.3 Å². The molecule has 1 aliphatic heterocycles. The summed E-state index contributed by atoms with van der Waals surface area (Å²) >= 11 is 0. The first-order valence-corrected chi connectivity index (χ1v) is 5.06. The molecule has 0 spiro atoms. The van der Waals surface area contributed by atoms with Crippen LogP contribution < -0.4 is 0 Å². The number of hydrogen-bond acceptors (Lipinski definition) is 1. The van der Waals surface area contributed by atoms with Crippen LogP contribution in [-0.2, 0) is 0 Å². The van der Waals surface area contributed by atoms with Gasteiger partial charge in [-0.2, -0.15) is 0 Å². The largest absolute Gasteiger partial charge is 0.302 e. The Balaban J connectivity index is 1.80. The molecular formula is C11H17N. The molecule has 0 bridgehead atoms. The lowest BCUT2D eigenvalue weighted by Crippen LogP contribution is -2.22.